The number of amides is 1. The van der Waals surface area contributed by atoms with E-state index in [1.165, 1.54) is 0 Å². The van der Waals surface area contributed by atoms with E-state index in [1.54, 1.807) is 47.3 Å². The molecule has 0 bridgehead atoms. The zero-order valence-corrected chi connectivity index (χ0v) is 23.7. The summed E-state index contributed by atoms with van der Waals surface area (Å²) in [5.41, 5.74) is 10.8. The Morgan fingerprint density at radius 2 is 1.76 bits per heavy atom. The molecule has 6 N–H and O–H groups in total. The summed E-state index contributed by atoms with van der Waals surface area (Å²) >= 11 is 6.50. The second-order valence-electron chi connectivity index (χ2n) is 9.57. The largest absolute Gasteiger partial charge is 0.380 e. The number of rotatable bonds is 9. The molecule has 0 aliphatic rings. The van der Waals surface area contributed by atoms with Crippen LogP contribution in [-0.4, -0.2) is 30.6 Å². The number of hydrogen-bond acceptors (Lipinski definition) is 9. The monoisotopic (exact) mass is 584 g/mol. The Balaban J connectivity index is 1.59. The molecule has 5 aromatic rings. The van der Waals surface area contributed by atoms with Gasteiger partial charge in [-0.15, -0.1) is 0 Å². The highest BCUT2D eigenvalue weighted by molar-refractivity contribution is 6.33. The van der Waals surface area contributed by atoms with Gasteiger partial charge in [-0.1, -0.05) is 54.9 Å². The van der Waals surface area contributed by atoms with Crippen molar-refractivity contribution >= 4 is 45.9 Å². The van der Waals surface area contributed by atoms with E-state index in [0.717, 1.165) is 5.56 Å². The van der Waals surface area contributed by atoms with E-state index in [2.05, 4.69) is 20.6 Å². The summed E-state index contributed by atoms with van der Waals surface area (Å²) in [5.74, 6) is 0.345. The number of carbonyl (C=O) groups is 1. The van der Waals surface area contributed by atoms with Gasteiger partial charge in [0.1, 0.15) is 10.8 Å². The van der Waals surface area contributed by atoms with Crippen LogP contribution >= 0.6 is 11.6 Å². The number of aryl methyl sites for hydroxylation is 1. The molecule has 3 aromatic carbocycles. The summed E-state index contributed by atoms with van der Waals surface area (Å²) in [7, 11) is 0. The van der Waals surface area contributed by atoms with Gasteiger partial charge >= 0.3 is 0 Å². The molecule has 0 saturated heterocycles. The molecule has 214 valence electrons. The first-order chi connectivity index (χ1) is 20.3. The maximum absolute atomic E-state index is 14.3. The maximum atomic E-state index is 14.3. The van der Waals surface area contributed by atoms with Crippen LogP contribution in [0.5, 0.6) is 0 Å². The molecule has 1 amide bonds. The first-order valence-electron chi connectivity index (χ1n) is 13.2. The average Bonchev–Trinajstić information content (AvgIpc) is 3.01. The summed E-state index contributed by atoms with van der Waals surface area (Å²) in [6.07, 6.45) is 0.562. The number of fused-ring (bicyclic) bond motifs is 1. The molecular formula is C30H29ClN8O3. The Hall–Kier alpha value is -5.00. The van der Waals surface area contributed by atoms with E-state index in [1.807, 2.05) is 49.4 Å². The molecule has 1 unspecified atom stereocenters. The zero-order valence-electron chi connectivity index (χ0n) is 22.9. The number of aromatic nitrogens is 4. The van der Waals surface area contributed by atoms with Crippen LogP contribution in [-0.2, 0) is 6.54 Å². The SMILES string of the molecule is CCC(Nc1nc(N)nc(C)c1Cl)c1nc2cccc(NCc3ccc(C(=O)NO)cc3)c2c(=O)n1-c1ccccc1. The zero-order chi connectivity index (χ0) is 29.8. The maximum Gasteiger partial charge on any atom is 0.274 e. The van der Waals surface area contributed by atoms with E-state index in [0.29, 0.717) is 63.2 Å². The molecule has 0 aliphatic heterocycles. The van der Waals surface area contributed by atoms with Crippen LogP contribution in [0.15, 0.2) is 77.6 Å². The highest BCUT2D eigenvalue weighted by Gasteiger charge is 2.23. The number of hydroxylamine groups is 1. The van der Waals surface area contributed by atoms with E-state index in [-0.39, 0.29) is 11.5 Å². The fraction of sp³-hybridized carbons (Fsp3) is 0.167. The minimum atomic E-state index is -0.590. The lowest BCUT2D eigenvalue weighted by Crippen LogP contribution is -2.29. The molecule has 5 rings (SSSR count). The third-order valence-corrected chi connectivity index (χ3v) is 7.26. The van der Waals surface area contributed by atoms with Gasteiger partial charge in [-0.05, 0) is 55.3 Å². The number of carbonyl (C=O) groups excluding carboxylic acids is 1. The van der Waals surface area contributed by atoms with E-state index in [9.17, 15) is 9.59 Å². The van der Waals surface area contributed by atoms with Crippen molar-refractivity contribution < 1.29 is 10.0 Å². The Morgan fingerprint density at radius 1 is 1.02 bits per heavy atom. The van der Waals surface area contributed by atoms with Gasteiger partial charge in [0, 0.05) is 17.8 Å². The fourth-order valence-corrected chi connectivity index (χ4v) is 4.82. The highest BCUT2D eigenvalue weighted by Crippen LogP contribution is 2.30. The average molecular weight is 585 g/mol. The van der Waals surface area contributed by atoms with Crippen molar-refractivity contribution in [2.75, 3.05) is 16.4 Å². The molecule has 2 aromatic heterocycles. The predicted octanol–water partition coefficient (Wildman–Crippen LogP) is 5.01. The Kier molecular flexibility index (Phi) is 8.32. The number of nitrogens with two attached hydrogens (primary N) is 1. The Labute approximate surface area is 246 Å². The molecule has 11 nitrogen and oxygen atoms in total. The molecular weight excluding hydrogens is 556 g/mol. The number of nitrogens with one attached hydrogen (secondary N) is 3. The molecule has 2 heterocycles. The third kappa shape index (κ3) is 5.73. The second kappa shape index (κ2) is 12.2. The lowest BCUT2D eigenvalue weighted by molar-refractivity contribution is 0.0706. The number of benzene rings is 3. The van der Waals surface area contributed by atoms with E-state index >= 15 is 0 Å². The van der Waals surface area contributed by atoms with Gasteiger partial charge < -0.3 is 16.4 Å². The quantitative estimate of drug-likeness (QED) is 0.118. The lowest BCUT2D eigenvalue weighted by atomic mass is 10.1. The van der Waals surface area contributed by atoms with Crippen LogP contribution in [0, 0.1) is 6.92 Å². The van der Waals surface area contributed by atoms with Gasteiger partial charge in [-0.25, -0.2) is 15.4 Å². The minimum absolute atomic E-state index is 0.0863. The molecule has 42 heavy (non-hydrogen) atoms. The van der Waals surface area contributed by atoms with Crippen molar-refractivity contribution in [2.24, 2.45) is 0 Å². The number of anilines is 3. The summed E-state index contributed by atoms with van der Waals surface area (Å²) in [4.78, 5) is 39.3. The number of halogens is 1. The third-order valence-electron chi connectivity index (χ3n) is 6.80. The van der Waals surface area contributed by atoms with Crippen LogP contribution in [0.1, 0.15) is 46.8 Å². The fourth-order valence-electron chi connectivity index (χ4n) is 4.68. The first-order valence-corrected chi connectivity index (χ1v) is 13.6. The molecule has 0 aliphatic carbocycles. The van der Waals surface area contributed by atoms with Crippen LogP contribution in [0.2, 0.25) is 5.02 Å². The molecule has 12 heteroatoms. The van der Waals surface area contributed by atoms with Crippen molar-refractivity contribution in [3.8, 4) is 5.69 Å². The van der Waals surface area contributed by atoms with Crippen LogP contribution in [0.25, 0.3) is 16.6 Å². The van der Waals surface area contributed by atoms with Gasteiger partial charge in [-0.2, -0.15) is 4.98 Å². The topological polar surface area (TPSA) is 160 Å². The van der Waals surface area contributed by atoms with Crippen LogP contribution in [0.3, 0.4) is 0 Å². The minimum Gasteiger partial charge on any atom is -0.380 e. The van der Waals surface area contributed by atoms with Crippen LogP contribution < -0.4 is 27.4 Å². The number of nitrogen functional groups attached to an aromatic ring is 1. The predicted molar refractivity (Wildman–Crippen MR) is 163 cm³/mol. The first kappa shape index (κ1) is 28.5. The van der Waals surface area contributed by atoms with Gasteiger partial charge in [-0.3, -0.25) is 19.4 Å². The Bertz CT molecular complexity index is 1810. The van der Waals surface area contributed by atoms with E-state index < -0.39 is 11.9 Å². The summed E-state index contributed by atoms with van der Waals surface area (Å²) in [5, 5.41) is 16.3. The number of para-hydroxylation sites is 1. The Morgan fingerprint density at radius 3 is 2.45 bits per heavy atom. The van der Waals surface area contributed by atoms with Gasteiger partial charge in [0.2, 0.25) is 5.95 Å². The number of nitrogens with zero attached hydrogens (tertiary/aromatic N) is 4. The van der Waals surface area contributed by atoms with Crippen molar-refractivity contribution in [2.45, 2.75) is 32.9 Å². The normalized spacial score (nSPS) is 11.7. The lowest BCUT2D eigenvalue weighted by Gasteiger charge is -2.23. The molecule has 0 radical (unpaired) electrons. The molecule has 0 saturated carbocycles. The summed E-state index contributed by atoms with van der Waals surface area (Å²) in [6, 6.07) is 21.1. The van der Waals surface area contributed by atoms with Crippen LogP contribution in [0.4, 0.5) is 17.5 Å². The summed E-state index contributed by atoms with van der Waals surface area (Å²) in [6.45, 7) is 4.11. The van der Waals surface area contributed by atoms with Gasteiger partial charge in [0.15, 0.2) is 5.82 Å². The molecule has 1 atom stereocenters. The highest BCUT2D eigenvalue weighted by atomic mass is 35.5. The van der Waals surface area contributed by atoms with Gasteiger partial charge in [0.05, 0.1) is 28.3 Å². The molecule has 0 fully saturated rings. The standard InChI is InChI=1S/C30H29ClN8O3/c1-3-21(35-26-25(31)17(2)34-30(32)37-26)27-36-23-11-7-10-22(24(23)29(41)39(27)20-8-5-4-6-9-20)33-16-18-12-14-19(15-13-18)28(40)38-42/h4-15,21,33,42H,3,16H2,1-2H3,(H,38,40)(H3,32,34,35,37). The summed E-state index contributed by atoms with van der Waals surface area (Å²) < 4.78 is 1.60. The second-order valence-corrected chi connectivity index (χ2v) is 9.95. The van der Waals surface area contributed by atoms with E-state index in [4.69, 9.17) is 27.5 Å². The van der Waals surface area contributed by atoms with Crippen molar-refractivity contribution in [3.05, 3.63) is 111 Å². The van der Waals surface area contributed by atoms with Gasteiger partial charge in [0.25, 0.3) is 11.5 Å². The van der Waals surface area contributed by atoms with Crippen molar-refractivity contribution in [3.63, 3.8) is 0 Å². The van der Waals surface area contributed by atoms with Crippen molar-refractivity contribution in [1.29, 1.82) is 0 Å². The molecule has 0 spiro atoms. The smallest absolute Gasteiger partial charge is 0.274 e. The van der Waals surface area contributed by atoms with Crippen molar-refractivity contribution in [1.82, 2.24) is 25.0 Å². The number of hydrogen-bond donors (Lipinski definition) is 5.